The molecule has 2 rings (SSSR count). The van der Waals surface area contributed by atoms with E-state index in [4.69, 9.17) is 4.74 Å². The van der Waals surface area contributed by atoms with Crippen LogP contribution in [0.2, 0.25) is 0 Å². The zero-order valence-electron chi connectivity index (χ0n) is 12.6. The van der Waals surface area contributed by atoms with E-state index in [0.29, 0.717) is 5.88 Å². The van der Waals surface area contributed by atoms with Crippen molar-refractivity contribution in [3.05, 3.63) is 51.9 Å². The molecular formula is C16H20BrN3O. The maximum Gasteiger partial charge on any atom is 0.216 e. The smallest absolute Gasteiger partial charge is 0.216 e. The highest BCUT2D eigenvalue weighted by Crippen LogP contribution is 2.23. The van der Waals surface area contributed by atoms with Gasteiger partial charge in [-0.2, -0.15) is 0 Å². The Kier molecular flexibility index (Phi) is 5.70. The van der Waals surface area contributed by atoms with Gasteiger partial charge in [-0.25, -0.2) is 9.97 Å². The van der Waals surface area contributed by atoms with Gasteiger partial charge in [-0.05, 0) is 36.7 Å². The molecule has 2 aromatic rings. The number of nitrogens with zero attached hydrogens (tertiary/aromatic N) is 2. The van der Waals surface area contributed by atoms with Crippen LogP contribution < -0.4 is 10.1 Å². The summed E-state index contributed by atoms with van der Waals surface area (Å²) in [6, 6.07) is 8.57. The molecule has 0 amide bonds. The minimum absolute atomic E-state index is 0.214. The quantitative estimate of drug-likeness (QED) is 0.867. The van der Waals surface area contributed by atoms with Gasteiger partial charge in [0.2, 0.25) is 5.88 Å². The first kappa shape index (κ1) is 15.9. The van der Waals surface area contributed by atoms with Gasteiger partial charge >= 0.3 is 0 Å². The molecule has 0 saturated carbocycles. The summed E-state index contributed by atoms with van der Waals surface area (Å²) in [5.74, 6) is 0.598. The molecule has 4 nitrogen and oxygen atoms in total. The second kappa shape index (κ2) is 7.52. The number of methoxy groups -OCH3 is 1. The van der Waals surface area contributed by atoms with Gasteiger partial charge in [-0.1, -0.05) is 28.9 Å². The molecule has 1 unspecified atom stereocenters. The van der Waals surface area contributed by atoms with Gasteiger partial charge in [0.1, 0.15) is 6.33 Å². The summed E-state index contributed by atoms with van der Waals surface area (Å²) < 4.78 is 6.26. The fourth-order valence-corrected chi connectivity index (χ4v) is 2.95. The molecule has 1 N–H and O–H groups in total. The molecule has 1 heterocycles. The van der Waals surface area contributed by atoms with Crippen LogP contribution in [0.25, 0.3) is 0 Å². The third kappa shape index (κ3) is 4.51. The monoisotopic (exact) mass is 349 g/mol. The number of ether oxygens (including phenoxy) is 1. The fourth-order valence-electron chi connectivity index (χ4n) is 2.33. The van der Waals surface area contributed by atoms with Crippen LogP contribution in [-0.2, 0) is 6.42 Å². The predicted molar refractivity (Wildman–Crippen MR) is 87.6 cm³/mol. The minimum Gasteiger partial charge on any atom is -0.481 e. The normalized spacial score (nSPS) is 12.2. The predicted octanol–water partition coefficient (Wildman–Crippen LogP) is 3.45. The molecule has 112 valence electrons. The Balaban J connectivity index is 2.25. The minimum atomic E-state index is 0.214. The van der Waals surface area contributed by atoms with Crippen molar-refractivity contribution in [2.75, 3.05) is 13.7 Å². The van der Waals surface area contributed by atoms with Crippen LogP contribution in [-0.4, -0.2) is 23.6 Å². The molecule has 0 spiro atoms. The Labute approximate surface area is 134 Å². The molecule has 0 aliphatic carbocycles. The first-order chi connectivity index (χ1) is 10.1. The van der Waals surface area contributed by atoms with E-state index in [1.807, 2.05) is 6.07 Å². The molecule has 21 heavy (non-hydrogen) atoms. The summed E-state index contributed by atoms with van der Waals surface area (Å²) in [5, 5.41) is 3.52. The van der Waals surface area contributed by atoms with Crippen LogP contribution in [0, 0.1) is 6.92 Å². The standard InChI is InChI=1S/C16H20BrN3O/c1-4-18-15(12-5-11(2)6-13(17)7-12)8-14-9-16(21-3)20-10-19-14/h5-7,9-10,15,18H,4,8H2,1-3H3. The number of aromatic nitrogens is 2. The fraction of sp³-hybridized carbons (Fsp3) is 0.375. The maximum absolute atomic E-state index is 5.16. The molecule has 0 aliphatic heterocycles. The maximum atomic E-state index is 5.16. The van der Waals surface area contributed by atoms with E-state index in [1.165, 1.54) is 11.1 Å². The summed E-state index contributed by atoms with van der Waals surface area (Å²) >= 11 is 3.57. The second-order valence-corrected chi connectivity index (χ2v) is 5.84. The van der Waals surface area contributed by atoms with Crippen molar-refractivity contribution in [3.8, 4) is 5.88 Å². The number of aryl methyl sites for hydroxylation is 1. The first-order valence-electron chi connectivity index (χ1n) is 6.97. The van der Waals surface area contributed by atoms with Crippen LogP contribution in [0.4, 0.5) is 0 Å². The molecule has 5 heteroatoms. The molecule has 0 fully saturated rings. The summed E-state index contributed by atoms with van der Waals surface area (Å²) in [5.41, 5.74) is 3.45. The highest BCUT2D eigenvalue weighted by atomic mass is 79.9. The van der Waals surface area contributed by atoms with E-state index in [9.17, 15) is 0 Å². The van der Waals surface area contributed by atoms with Crippen LogP contribution in [0.1, 0.15) is 29.8 Å². The van der Waals surface area contributed by atoms with Crippen LogP contribution in [0.15, 0.2) is 35.1 Å². The van der Waals surface area contributed by atoms with Crippen LogP contribution >= 0.6 is 15.9 Å². The lowest BCUT2D eigenvalue weighted by molar-refractivity contribution is 0.395. The number of likely N-dealkylation sites (N-methyl/N-ethyl adjacent to an activating group) is 1. The summed E-state index contributed by atoms with van der Waals surface area (Å²) in [7, 11) is 1.62. The number of hydrogen-bond donors (Lipinski definition) is 1. The molecule has 0 saturated heterocycles. The summed E-state index contributed by atoms with van der Waals surface area (Å²) in [6.07, 6.45) is 2.34. The van der Waals surface area contributed by atoms with Crippen LogP contribution in [0.5, 0.6) is 5.88 Å². The molecule has 0 radical (unpaired) electrons. The lowest BCUT2D eigenvalue weighted by Crippen LogP contribution is -2.23. The Bertz CT molecular complexity index is 584. The van der Waals surface area contributed by atoms with Crippen LogP contribution in [0.3, 0.4) is 0 Å². The Morgan fingerprint density at radius 1 is 1.24 bits per heavy atom. The van der Waals surface area contributed by atoms with Gasteiger partial charge in [-0.3, -0.25) is 0 Å². The van der Waals surface area contributed by atoms with Crippen molar-refractivity contribution in [2.45, 2.75) is 26.3 Å². The van der Waals surface area contributed by atoms with Crippen molar-refractivity contribution >= 4 is 15.9 Å². The topological polar surface area (TPSA) is 47.0 Å². The highest BCUT2D eigenvalue weighted by Gasteiger charge is 2.13. The van der Waals surface area contributed by atoms with Crippen molar-refractivity contribution < 1.29 is 4.74 Å². The van der Waals surface area contributed by atoms with E-state index in [1.54, 1.807) is 13.4 Å². The average Bonchev–Trinajstić information content (AvgIpc) is 2.46. The lowest BCUT2D eigenvalue weighted by atomic mass is 10.00. The van der Waals surface area contributed by atoms with Gasteiger partial charge in [0, 0.05) is 28.7 Å². The van der Waals surface area contributed by atoms with Gasteiger partial charge < -0.3 is 10.1 Å². The van der Waals surface area contributed by atoms with E-state index in [0.717, 1.165) is 23.1 Å². The van der Waals surface area contributed by atoms with Gasteiger partial charge in [-0.15, -0.1) is 0 Å². The Morgan fingerprint density at radius 2 is 2.05 bits per heavy atom. The second-order valence-electron chi connectivity index (χ2n) is 4.93. The van der Waals surface area contributed by atoms with E-state index in [2.05, 4.69) is 63.3 Å². The molecule has 1 aromatic carbocycles. The number of rotatable bonds is 6. The molecule has 0 aliphatic rings. The third-order valence-electron chi connectivity index (χ3n) is 3.24. The number of halogens is 1. The molecule has 1 aromatic heterocycles. The molecular weight excluding hydrogens is 330 g/mol. The van der Waals surface area contributed by atoms with Gasteiger partial charge in [0.25, 0.3) is 0 Å². The highest BCUT2D eigenvalue weighted by molar-refractivity contribution is 9.10. The number of hydrogen-bond acceptors (Lipinski definition) is 4. The van der Waals surface area contributed by atoms with Crippen molar-refractivity contribution in [1.29, 1.82) is 0 Å². The molecule has 0 bridgehead atoms. The number of benzene rings is 1. The van der Waals surface area contributed by atoms with Gasteiger partial charge in [0.15, 0.2) is 0 Å². The van der Waals surface area contributed by atoms with Crippen molar-refractivity contribution in [3.63, 3.8) is 0 Å². The first-order valence-corrected chi connectivity index (χ1v) is 7.77. The largest absolute Gasteiger partial charge is 0.481 e. The van der Waals surface area contributed by atoms with Crippen molar-refractivity contribution in [1.82, 2.24) is 15.3 Å². The zero-order valence-corrected chi connectivity index (χ0v) is 14.1. The molecule has 1 atom stereocenters. The van der Waals surface area contributed by atoms with E-state index < -0.39 is 0 Å². The average molecular weight is 350 g/mol. The van der Waals surface area contributed by atoms with E-state index in [-0.39, 0.29) is 6.04 Å². The number of nitrogens with one attached hydrogen (secondary N) is 1. The third-order valence-corrected chi connectivity index (χ3v) is 3.70. The zero-order chi connectivity index (χ0) is 15.2. The van der Waals surface area contributed by atoms with Crippen molar-refractivity contribution in [2.24, 2.45) is 0 Å². The summed E-state index contributed by atoms with van der Waals surface area (Å²) in [4.78, 5) is 8.39. The Hall–Kier alpha value is -1.46. The van der Waals surface area contributed by atoms with E-state index >= 15 is 0 Å². The Morgan fingerprint density at radius 3 is 2.71 bits per heavy atom. The lowest BCUT2D eigenvalue weighted by Gasteiger charge is -2.19. The summed E-state index contributed by atoms with van der Waals surface area (Å²) in [6.45, 7) is 5.11. The SMILES string of the molecule is CCNC(Cc1cc(OC)ncn1)c1cc(C)cc(Br)c1. The van der Waals surface area contributed by atoms with Gasteiger partial charge in [0.05, 0.1) is 7.11 Å².